The Balaban J connectivity index is 1.98. The van der Waals surface area contributed by atoms with Crippen molar-refractivity contribution in [3.8, 4) is 0 Å². The standard InChI is InChI=1S/C15H24N4O/c1-16-15(17-2)18-11-13-5-3-4-6-14(13)12-19-7-9-20-10-8-19/h3-6H,7-12H2,1-2H3,(H2,16,17,18). The average molecular weight is 276 g/mol. The molecule has 1 fully saturated rings. The van der Waals surface area contributed by atoms with E-state index in [-0.39, 0.29) is 0 Å². The Morgan fingerprint density at radius 2 is 1.95 bits per heavy atom. The maximum absolute atomic E-state index is 5.40. The largest absolute Gasteiger partial charge is 0.379 e. The van der Waals surface area contributed by atoms with Crippen molar-refractivity contribution in [2.45, 2.75) is 13.1 Å². The van der Waals surface area contributed by atoms with Crippen LogP contribution >= 0.6 is 0 Å². The molecule has 0 saturated carbocycles. The second-order valence-corrected chi connectivity index (χ2v) is 4.83. The van der Waals surface area contributed by atoms with Crippen LogP contribution in [0.1, 0.15) is 11.1 Å². The molecule has 0 aromatic heterocycles. The zero-order chi connectivity index (χ0) is 14.2. The molecule has 0 unspecified atom stereocenters. The van der Waals surface area contributed by atoms with Gasteiger partial charge in [0.2, 0.25) is 0 Å². The first-order valence-corrected chi connectivity index (χ1v) is 7.08. The fourth-order valence-electron chi connectivity index (χ4n) is 2.34. The molecule has 5 heteroatoms. The maximum Gasteiger partial charge on any atom is 0.190 e. The Morgan fingerprint density at radius 3 is 2.60 bits per heavy atom. The SMILES string of the molecule is CN=C(NC)NCc1ccccc1CN1CCOCC1. The molecule has 2 rings (SSSR count). The van der Waals surface area contributed by atoms with Crippen molar-refractivity contribution in [1.82, 2.24) is 15.5 Å². The van der Waals surface area contributed by atoms with Gasteiger partial charge >= 0.3 is 0 Å². The van der Waals surface area contributed by atoms with Crippen LogP contribution < -0.4 is 10.6 Å². The second kappa shape index (κ2) is 7.87. The van der Waals surface area contributed by atoms with E-state index in [9.17, 15) is 0 Å². The summed E-state index contributed by atoms with van der Waals surface area (Å²) in [4.78, 5) is 6.57. The molecule has 0 aliphatic carbocycles. The fraction of sp³-hybridized carbons (Fsp3) is 0.533. The third-order valence-electron chi connectivity index (χ3n) is 3.52. The van der Waals surface area contributed by atoms with E-state index < -0.39 is 0 Å². The maximum atomic E-state index is 5.40. The molecule has 0 spiro atoms. The number of nitrogens with one attached hydrogen (secondary N) is 2. The minimum absolute atomic E-state index is 0.786. The summed E-state index contributed by atoms with van der Waals surface area (Å²) in [5.74, 6) is 0.811. The lowest BCUT2D eigenvalue weighted by Crippen LogP contribution is -2.36. The highest BCUT2D eigenvalue weighted by Crippen LogP contribution is 2.12. The minimum Gasteiger partial charge on any atom is -0.379 e. The first-order valence-electron chi connectivity index (χ1n) is 7.08. The van der Waals surface area contributed by atoms with Gasteiger partial charge < -0.3 is 15.4 Å². The van der Waals surface area contributed by atoms with Crippen LogP contribution in [0.25, 0.3) is 0 Å². The molecule has 20 heavy (non-hydrogen) atoms. The Hall–Kier alpha value is -1.59. The van der Waals surface area contributed by atoms with Gasteiger partial charge in [0.05, 0.1) is 13.2 Å². The summed E-state index contributed by atoms with van der Waals surface area (Å²) in [6.07, 6.45) is 0. The molecule has 5 nitrogen and oxygen atoms in total. The molecule has 1 saturated heterocycles. The number of morpholine rings is 1. The van der Waals surface area contributed by atoms with E-state index in [1.807, 2.05) is 7.05 Å². The number of hydrogen-bond donors (Lipinski definition) is 2. The van der Waals surface area contributed by atoms with Gasteiger partial charge in [0.1, 0.15) is 0 Å². The average Bonchev–Trinajstić information content (AvgIpc) is 2.51. The Bertz CT molecular complexity index is 441. The van der Waals surface area contributed by atoms with Crippen LogP contribution in [0, 0.1) is 0 Å². The lowest BCUT2D eigenvalue weighted by molar-refractivity contribution is 0.0341. The second-order valence-electron chi connectivity index (χ2n) is 4.83. The molecule has 0 bridgehead atoms. The van der Waals surface area contributed by atoms with Crippen molar-refractivity contribution >= 4 is 5.96 Å². The summed E-state index contributed by atoms with van der Waals surface area (Å²) in [6.45, 7) is 5.48. The topological polar surface area (TPSA) is 48.9 Å². The van der Waals surface area contributed by atoms with Gasteiger partial charge in [-0.1, -0.05) is 24.3 Å². The van der Waals surface area contributed by atoms with E-state index in [4.69, 9.17) is 4.74 Å². The lowest BCUT2D eigenvalue weighted by Gasteiger charge is -2.27. The van der Waals surface area contributed by atoms with E-state index in [0.29, 0.717) is 0 Å². The highest BCUT2D eigenvalue weighted by molar-refractivity contribution is 5.79. The summed E-state index contributed by atoms with van der Waals surface area (Å²) in [7, 11) is 3.65. The molecular formula is C15H24N4O. The first kappa shape index (κ1) is 14.8. The predicted molar refractivity (Wildman–Crippen MR) is 81.8 cm³/mol. The Kier molecular flexibility index (Phi) is 5.83. The number of hydrogen-bond acceptors (Lipinski definition) is 3. The molecule has 1 aromatic carbocycles. The van der Waals surface area contributed by atoms with E-state index in [2.05, 4.69) is 44.8 Å². The third-order valence-corrected chi connectivity index (χ3v) is 3.52. The van der Waals surface area contributed by atoms with Gasteiger partial charge in [0, 0.05) is 40.3 Å². The van der Waals surface area contributed by atoms with Crippen molar-refractivity contribution in [3.05, 3.63) is 35.4 Å². The molecule has 0 radical (unpaired) electrons. The molecule has 1 aliphatic heterocycles. The van der Waals surface area contributed by atoms with Crippen molar-refractivity contribution in [2.24, 2.45) is 4.99 Å². The van der Waals surface area contributed by atoms with Crippen molar-refractivity contribution < 1.29 is 4.74 Å². The van der Waals surface area contributed by atoms with Gasteiger partial charge in [-0.25, -0.2) is 0 Å². The normalized spacial score (nSPS) is 17.0. The molecule has 0 amide bonds. The number of guanidine groups is 1. The zero-order valence-corrected chi connectivity index (χ0v) is 12.4. The van der Waals surface area contributed by atoms with Crippen LogP contribution in [-0.4, -0.2) is 51.3 Å². The smallest absolute Gasteiger partial charge is 0.190 e. The van der Waals surface area contributed by atoms with Crippen molar-refractivity contribution in [2.75, 3.05) is 40.4 Å². The first-order chi connectivity index (χ1) is 9.83. The van der Waals surface area contributed by atoms with Gasteiger partial charge in [-0.3, -0.25) is 9.89 Å². The van der Waals surface area contributed by atoms with Crippen molar-refractivity contribution in [3.63, 3.8) is 0 Å². The predicted octanol–water partition coefficient (Wildman–Crippen LogP) is 0.814. The van der Waals surface area contributed by atoms with Crippen LogP contribution in [0.15, 0.2) is 29.3 Å². The van der Waals surface area contributed by atoms with Crippen LogP contribution in [0.4, 0.5) is 0 Å². The van der Waals surface area contributed by atoms with E-state index in [1.54, 1.807) is 7.05 Å². The number of benzene rings is 1. The quantitative estimate of drug-likeness (QED) is 0.631. The van der Waals surface area contributed by atoms with Gasteiger partial charge in [0.25, 0.3) is 0 Å². The number of nitrogens with zero attached hydrogens (tertiary/aromatic N) is 2. The fourth-order valence-corrected chi connectivity index (χ4v) is 2.34. The summed E-state index contributed by atoms with van der Waals surface area (Å²) >= 11 is 0. The van der Waals surface area contributed by atoms with Crippen LogP contribution in [0.5, 0.6) is 0 Å². The van der Waals surface area contributed by atoms with Crippen LogP contribution in [0.3, 0.4) is 0 Å². The molecule has 1 aliphatic rings. The highest BCUT2D eigenvalue weighted by atomic mass is 16.5. The molecule has 110 valence electrons. The van der Waals surface area contributed by atoms with Crippen molar-refractivity contribution in [1.29, 1.82) is 0 Å². The van der Waals surface area contributed by atoms with Gasteiger partial charge in [-0.2, -0.15) is 0 Å². The zero-order valence-electron chi connectivity index (χ0n) is 12.4. The van der Waals surface area contributed by atoms with E-state index in [1.165, 1.54) is 11.1 Å². The minimum atomic E-state index is 0.786. The number of ether oxygens (including phenoxy) is 1. The lowest BCUT2D eigenvalue weighted by atomic mass is 10.1. The van der Waals surface area contributed by atoms with E-state index >= 15 is 0 Å². The number of rotatable bonds is 4. The number of aliphatic imine (C=N–C) groups is 1. The van der Waals surface area contributed by atoms with E-state index in [0.717, 1.165) is 45.4 Å². The summed E-state index contributed by atoms with van der Waals surface area (Å²) in [5.41, 5.74) is 2.68. The molecular weight excluding hydrogens is 252 g/mol. The Morgan fingerprint density at radius 1 is 1.25 bits per heavy atom. The third kappa shape index (κ3) is 4.21. The molecule has 2 N–H and O–H groups in total. The molecule has 1 aromatic rings. The highest BCUT2D eigenvalue weighted by Gasteiger charge is 2.12. The van der Waals surface area contributed by atoms with Crippen LogP contribution in [-0.2, 0) is 17.8 Å². The molecule has 0 atom stereocenters. The van der Waals surface area contributed by atoms with Gasteiger partial charge in [-0.05, 0) is 11.1 Å². The summed E-state index contributed by atoms with van der Waals surface area (Å²) < 4.78 is 5.40. The summed E-state index contributed by atoms with van der Waals surface area (Å²) in [6, 6.07) is 8.56. The Labute approximate surface area is 121 Å². The molecule has 1 heterocycles. The monoisotopic (exact) mass is 276 g/mol. The van der Waals surface area contributed by atoms with Crippen LogP contribution in [0.2, 0.25) is 0 Å². The van der Waals surface area contributed by atoms with Gasteiger partial charge in [0.15, 0.2) is 5.96 Å². The van der Waals surface area contributed by atoms with Gasteiger partial charge in [-0.15, -0.1) is 0 Å². The summed E-state index contributed by atoms with van der Waals surface area (Å²) in [5, 5.41) is 6.34.